The van der Waals surface area contributed by atoms with Gasteiger partial charge in [0.1, 0.15) is 11.6 Å². The van der Waals surface area contributed by atoms with Gasteiger partial charge in [0.2, 0.25) is 5.95 Å². The second-order valence-corrected chi connectivity index (χ2v) is 7.00. The number of nitrogens with zero attached hydrogens (tertiary/aromatic N) is 4. The van der Waals surface area contributed by atoms with Crippen LogP contribution in [0.25, 0.3) is 16.7 Å². The molecule has 0 unspecified atom stereocenters. The molecule has 0 spiro atoms. The molecule has 5 aromatic rings. The zero-order chi connectivity index (χ0) is 21.0. The van der Waals surface area contributed by atoms with Gasteiger partial charge in [0.15, 0.2) is 5.65 Å². The van der Waals surface area contributed by atoms with Crippen LogP contribution in [0.2, 0.25) is 0 Å². The van der Waals surface area contributed by atoms with Crippen LogP contribution in [0.4, 0.5) is 21.8 Å². The van der Waals surface area contributed by atoms with Crippen LogP contribution < -0.4 is 10.6 Å². The smallest absolute Gasteiger partial charge is 0.227 e. The fraction of sp³-hybridized carbons (Fsp3) is 0.0417. The summed E-state index contributed by atoms with van der Waals surface area (Å²) < 4.78 is 15.1. The summed E-state index contributed by atoms with van der Waals surface area (Å²) in [5, 5.41) is 11.9. The maximum Gasteiger partial charge on any atom is 0.227 e. The molecule has 5 rings (SSSR count). The van der Waals surface area contributed by atoms with Gasteiger partial charge in [-0.15, -0.1) is 0 Å². The van der Waals surface area contributed by atoms with E-state index >= 15 is 0 Å². The van der Waals surface area contributed by atoms with Crippen LogP contribution in [0.1, 0.15) is 5.56 Å². The Morgan fingerprint density at radius 1 is 0.806 bits per heavy atom. The highest BCUT2D eigenvalue weighted by Gasteiger charge is 2.14. The van der Waals surface area contributed by atoms with Gasteiger partial charge in [-0.25, -0.2) is 9.07 Å². The molecule has 2 aromatic heterocycles. The molecular weight excluding hydrogens is 391 g/mol. The zero-order valence-electron chi connectivity index (χ0n) is 16.5. The summed E-state index contributed by atoms with van der Waals surface area (Å²) in [6.07, 6.45) is 1.73. The maximum absolute atomic E-state index is 13.3. The molecule has 0 aliphatic rings. The van der Waals surface area contributed by atoms with Crippen molar-refractivity contribution in [3.63, 3.8) is 0 Å². The van der Waals surface area contributed by atoms with Gasteiger partial charge in [-0.2, -0.15) is 15.1 Å². The minimum Gasteiger partial charge on any atom is -0.350 e. The Morgan fingerprint density at radius 2 is 1.52 bits per heavy atom. The summed E-state index contributed by atoms with van der Waals surface area (Å²) in [5.41, 5.74) is 3.41. The molecule has 2 heterocycles. The predicted molar refractivity (Wildman–Crippen MR) is 120 cm³/mol. The zero-order valence-corrected chi connectivity index (χ0v) is 16.5. The van der Waals surface area contributed by atoms with Gasteiger partial charge >= 0.3 is 0 Å². The summed E-state index contributed by atoms with van der Waals surface area (Å²) in [5.74, 6) is 0.772. The highest BCUT2D eigenvalue weighted by molar-refractivity contribution is 5.90. The Morgan fingerprint density at radius 3 is 2.26 bits per heavy atom. The van der Waals surface area contributed by atoms with Gasteiger partial charge in [-0.1, -0.05) is 48.5 Å². The minimum atomic E-state index is -0.291. The fourth-order valence-electron chi connectivity index (χ4n) is 3.29. The van der Waals surface area contributed by atoms with E-state index in [4.69, 9.17) is 4.98 Å². The van der Waals surface area contributed by atoms with E-state index in [1.807, 2.05) is 60.7 Å². The van der Waals surface area contributed by atoms with Crippen molar-refractivity contribution >= 4 is 28.5 Å². The van der Waals surface area contributed by atoms with Gasteiger partial charge < -0.3 is 10.6 Å². The molecule has 152 valence electrons. The van der Waals surface area contributed by atoms with Gasteiger partial charge in [0, 0.05) is 12.2 Å². The first-order chi connectivity index (χ1) is 15.3. The molecule has 31 heavy (non-hydrogen) atoms. The lowest BCUT2D eigenvalue weighted by Gasteiger charge is -2.11. The molecule has 3 aromatic carbocycles. The average Bonchev–Trinajstić information content (AvgIpc) is 3.25. The van der Waals surface area contributed by atoms with Crippen LogP contribution in [-0.2, 0) is 6.54 Å². The highest BCUT2D eigenvalue weighted by atomic mass is 19.1. The molecule has 2 N–H and O–H groups in total. The Balaban J connectivity index is 1.56. The van der Waals surface area contributed by atoms with Crippen molar-refractivity contribution in [1.29, 1.82) is 0 Å². The van der Waals surface area contributed by atoms with Crippen LogP contribution in [0.15, 0.2) is 91.1 Å². The SMILES string of the molecule is Fc1ccc(Nc2nc(NCc3ccccc3)nc3c2cnn3-c2ccccc2)cc1. The fourth-order valence-corrected chi connectivity index (χ4v) is 3.29. The van der Waals surface area contributed by atoms with Gasteiger partial charge in [-0.3, -0.25) is 0 Å². The number of benzene rings is 3. The van der Waals surface area contributed by atoms with Gasteiger partial charge in [-0.05, 0) is 42.0 Å². The normalized spacial score (nSPS) is 10.9. The van der Waals surface area contributed by atoms with E-state index in [1.165, 1.54) is 12.1 Å². The van der Waals surface area contributed by atoms with Crippen molar-refractivity contribution in [2.45, 2.75) is 6.54 Å². The quantitative estimate of drug-likeness (QED) is 0.397. The van der Waals surface area contributed by atoms with Crippen LogP contribution in [-0.4, -0.2) is 19.7 Å². The molecule has 0 bridgehead atoms. The molecule has 0 saturated carbocycles. The van der Waals surface area contributed by atoms with E-state index in [-0.39, 0.29) is 5.82 Å². The molecule has 0 saturated heterocycles. The lowest BCUT2D eigenvalue weighted by molar-refractivity contribution is 0.628. The number of hydrogen-bond acceptors (Lipinski definition) is 5. The topological polar surface area (TPSA) is 67.7 Å². The number of para-hydroxylation sites is 1. The molecule has 7 heteroatoms. The molecule has 0 fully saturated rings. The monoisotopic (exact) mass is 410 g/mol. The number of nitrogens with one attached hydrogen (secondary N) is 2. The van der Waals surface area contributed by atoms with Crippen molar-refractivity contribution in [1.82, 2.24) is 19.7 Å². The second-order valence-electron chi connectivity index (χ2n) is 7.00. The van der Waals surface area contributed by atoms with Crippen molar-refractivity contribution < 1.29 is 4.39 Å². The lowest BCUT2D eigenvalue weighted by Crippen LogP contribution is -2.07. The predicted octanol–water partition coefficient (Wildman–Crippen LogP) is 5.31. The van der Waals surface area contributed by atoms with Crippen LogP contribution in [0.3, 0.4) is 0 Å². The molecule has 6 nitrogen and oxygen atoms in total. The van der Waals surface area contributed by atoms with Crippen molar-refractivity contribution in [3.8, 4) is 5.69 Å². The highest BCUT2D eigenvalue weighted by Crippen LogP contribution is 2.27. The third-order valence-corrected chi connectivity index (χ3v) is 4.83. The average molecular weight is 410 g/mol. The first-order valence-electron chi connectivity index (χ1n) is 9.88. The Bertz CT molecular complexity index is 1300. The number of fused-ring (bicyclic) bond motifs is 1. The summed E-state index contributed by atoms with van der Waals surface area (Å²) in [6.45, 7) is 0.585. The van der Waals surface area contributed by atoms with Crippen LogP contribution in [0, 0.1) is 5.82 Å². The Kier molecular flexibility index (Phi) is 4.98. The molecular formula is C24H19FN6. The number of hydrogen-bond donors (Lipinski definition) is 2. The van der Waals surface area contributed by atoms with Crippen LogP contribution in [0.5, 0.6) is 0 Å². The van der Waals surface area contributed by atoms with Gasteiger partial charge in [0.25, 0.3) is 0 Å². The van der Waals surface area contributed by atoms with E-state index < -0.39 is 0 Å². The standard InChI is InChI=1S/C24H19FN6/c25-18-11-13-19(14-12-18)28-22-21-16-27-31(20-9-5-2-6-10-20)23(21)30-24(29-22)26-15-17-7-3-1-4-8-17/h1-14,16H,15H2,(H2,26,28,29,30). The maximum atomic E-state index is 13.3. The first kappa shape index (κ1) is 18.7. The minimum absolute atomic E-state index is 0.291. The van der Waals surface area contributed by atoms with E-state index in [0.717, 1.165) is 22.3 Å². The summed E-state index contributed by atoms with van der Waals surface area (Å²) in [4.78, 5) is 9.38. The molecule has 0 amide bonds. The third kappa shape index (κ3) is 4.06. The third-order valence-electron chi connectivity index (χ3n) is 4.83. The number of rotatable bonds is 6. The molecule has 0 aliphatic carbocycles. The van der Waals surface area contributed by atoms with Crippen molar-refractivity contribution in [2.75, 3.05) is 10.6 Å². The Labute approximate surface area is 178 Å². The van der Waals surface area contributed by atoms with Crippen molar-refractivity contribution in [2.24, 2.45) is 0 Å². The molecule has 0 atom stereocenters. The number of halogens is 1. The van der Waals surface area contributed by atoms with E-state index in [2.05, 4.69) is 20.7 Å². The molecule has 0 radical (unpaired) electrons. The molecule has 0 aliphatic heterocycles. The summed E-state index contributed by atoms with van der Waals surface area (Å²) in [7, 11) is 0. The Hall–Kier alpha value is -4.26. The van der Waals surface area contributed by atoms with Crippen LogP contribution >= 0.6 is 0 Å². The summed E-state index contributed by atoms with van der Waals surface area (Å²) in [6, 6.07) is 26.0. The van der Waals surface area contributed by atoms with E-state index in [9.17, 15) is 4.39 Å². The van der Waals surface area contributed by atoms with Crippen molar-refractivity contribution in [3.05, 3.63) is 103 Å². The summed E-state index contributed by atoms with van der Waals surface area (Å²) >= 11 is 0. The lowest BCUT2D eigenvalue weighted by atomic mass is 10.2. The first-order valence-corrected chi connectivity index (χ1v) is 9.88. The van der Waals surface area contributed by atoms with E-state index in [1.54, 1.807) is 23.0 Å². The number of aromatic nitrogens is 4. The second kappa shape index (κ2) is 8.23. The number of anilines is 3. The van der Waals surface area contributed by atoms with Gasteiger partial charge in [0.05, 0.1) is 17.3 Å². The largest absolute Gasteiger partial charge is 0.350 e. The van der Waals surface area contributed by atoms with E-state index in [0.29, 0.717) is 24.0 Å².